The maximum absolute atomic E-state index is 14.0. The van der Waals surface area contributed by atoms with Crippen LogP contribution in [0.15, 0.2) is 72.8 Å². The first kappa shape index (κ1) is 40.9. The lowest BCUT2D eigenvalue weighted by atomic mass is 9.98. The number of nitrogens with zero attached hydrogens (tertiary/aromatic N) is 2. The zero-order valence-corrected chi connectivity index (χ0v) is 33.0. The molecule has 0 aromatic heterocycles. The standard InChI is InChI=1S/2C23H25F2NO3/c1-28-21-9-7-15(10-22(21)29-19-4-2-3-5-19)17-11-23(27)26(14-17)13-16-6-8-18(24)12-20(16)25;1-28-21-7-6-16(10-22(21)29-20-4-2-3-5-20)17-11-23(27)26(14-17)13-15-8-18(24)12-19(25)9-15/h6-10,12,17,19H,2-5,11,13-14H2,1H3;6-10,12,17,20H,2-5,11,13-14H2,1H3/t2*17-/m11/s1. The molecule has 58 heavy (non-hydrogen) atoms. The van der Waals surface area contributed by atoms with Crippen molar-refractivity contribution in [2.24, 2.45) is 0 Å². The topological polar surface area (TPSA) is 77.5 Å². The number of carbonyl (C=O) groups is 2. The predicted molar refractivity (Wildman–Crippen MR) is 210 cm³/mol. The highest BCUT2D eigenvalue weighted by atomic mass is 19.1. The molecule has 8 nitrogen and oxygen atoms in total. The quantitative estimate of drug-likeness (QED) is 0.133. The van der Waals surface area contributed by atoms with Crippen LogP contribution in [0.1, 0.15) is 98.3 Å². The van der Waals surface area contributed by atoms with Gasteiger partial charge in [0.25, 0.3) is 0 Å². The van der Waals surface area contributed by atoms with Gasteiger partial charge in [-0.15, -0.1) is 0 Å². The minimum absolute atomic E-state index is 0.00263. The second-order valence-corrected chi connectivity index (χ2v) is 15.7. The summed E-state index contributed by atoms with van der Waals surface area (Å²) in [4.78, 5) is 28.3. The van der Waals surface area contributed by atoms with Crippen LogP contribution in [0.4, 0.5) is 17.6 Å². The van der Waals surface area contributed by atoms with Gasteiger partial charge >= 0.3 is 0 Å². The van der Waals surface area contributed by atoms with Crippen LogP contribution < -0.4 is 18.9 Å². The van der Waals surface area contributed by atoms with Gasteiger partial charge in [0.15, 0.2) is 23.0 Å². The van der Waals surface area contributed by atoms with Gasteiger partial charge in [0.2, 0.25) is 11.8 Å². The molecular weight excluding hydrogens is 753 g/mol. The normalized spacial score (nSPS) is 19.8. The first-order valence-electron chi connectivity index (χ1n) is 20.2. The van der Waals surface area contributed by atoms with E-state index in [0.717, 1.165) is 54.7 Å². The maximum Gasteiger partial charge on any atom is 0.223 e. The maximum atomic E-state index is 14.0. The van der Waals surface area contributed by atoms with E-state index in [-0.39, 0.29) is 48.9 Å². The Morgan fingerprint density at radius 1 is 0.552 bits per heavy atom. The molecule has 2 aliphatic carbocycles. The summed E-state index contributed by atoms with van der Waals surface area (Å²) in [5.41, 5.74) is 2.80. The number of hydrogen-bond donors (Lipinski definition) is 0. The van der Waals surface area contributed by atoms with Crippen molar-refractivity contribution in [3.8, 4) is 23.0 Å². The van der Waals surface area contributed by atoms with Crippen molar-refractivity contribution in [1.29, 1.82) is 0 Å². The Bertz CT molecular complexity index is 2070. The molecule has 4 aromatic carbocycles. The van der Waals surface area contributed by atoms with Crippen LogP contribution in [0.25, 0.3) is 0 Å². The molecule has 2 aliphatic heterocycles. The van der Waals surface area contributed by atoms with Gasteiger partial charge in [0, 0.05) is 68.6 Å². The largest absolute Gasteiger partial charge is 0.493 e. The highest BCUT2D eigenvalue weighted by molar-refractivity contribution is 5.80. The van der Waals surface area contributed by atoms with Crippen molar-refractivity contribution in [2.75, 3.05) is 27.3 Å². The molecule has 4 aromatic rings. The molecule has 0 spiro atoms. The molecule has 4 aliphatic rings. The number of ether oxygens (including phenoxy) is 4. The lowest BCUT2D eigenvalue weighted by molar-refractivity contribution is -0.129. The van der Waals surface area contributed by atoms with E-state index in [4.69, 9.17) is 18.9 Å². The summed E-state index contributed by atoms with van der Waals surface area (Å²) in [7, 11) is 3.24. The lowest BCUT2D eigenvalue weighted by Crippen LogP contribution is -2.25. The first-order valence-corrected chi connectivity index (χ1v) is 20.2. The highest BCUT2D eigenvalue weighted by Crippen LogP contribution is 2.39. The Hall–Kier alpha value is -5.26. The second kappa shape index (κ2) is 18.6. The molecule has 8 rings (SSSR count). The van der Waals surface area contributed by atoms with E-state index >= 15 is 0 Å². The zero-order valence-electron chi connectivity index (χ0n) is 33.0. The fourth-order valence-electron chi connectivity index (χ4n) is 8.52. The number of carbonyl (C=O) groups excluding carboxylic acids is 2. The van der Waals surface area contributed by atoms with Crippen molar-refractivity contribution in [1.82, 2.24) is 9.80 Å². The molecule has 2 atom stereocenters. The first-order chi connectivity index (χ1) is 28.0. The van der Waals surface area contributed by atoms with E-state index in [1.165, 1.54) is 49.9 Å². The summed E-state index contributed by atoms with van der Waals surface area (Å²) in [5, 5.41) is 0. The third-order valence-electron chi connectivity index (χ3n) is 11.6. The van der Waals surface area contributed by atoms with Crippen LogP contribution in [-0.2, 0) is 22.7 Å². The molecule has 2 heterocycles. The van der Waals surface area contributed by atoms with Gasteiger partial charge in [-0.05, 0) is 111 Å². The fraction of sp³-hybridized carbons (Fsp3) is 0.435. The van der Waals surface area contributed by atoms with Gasteiger partial charge < -0.3 is 28.7 Å². The molecule has 4 fully saturated rings. The van der Waals surface area contributed by atoms with Crippen LogP contribution >= 0.6 is 0 Å². The van der Waals surface area contributed by atoms with E-state index in [0.29, 0.717) is 54.3 Å². The molecule has 2 saturated carbocycles. The van der Waals surface area contributed by atoms with Crippen LogP contribution in [0.2, 0.25) is 0 Å². The number of hydrogen-bond acceptors (Lipinski definition) is 6. The number of likely N-dealkylation sites (tertiary alicyclic amines) is 2. The van der Waals surface area contributed by atoms with Gasteiger partial charge in [-0.3, -0.25) is 9.59 Å². The van der Waals surface area contributed by atoms with Crippen LogP contribution in [-0.4, -0.2) is 61.1 Å². The number of halogens is 4. The molecule has 0 bridgehead atoms. The third kappa shape index (κ3) is 10.1. The minimum Gasteiger partial charge on any atom is -0.493 e. The third-order valence-corrected chi connectivity index (χ3v) is 11.6. The average Bonchev–Trinajstić information content (AvgIpc) is 4.03. The fourth-order valence-corrected chi connectivity index (χ4v) is 8.52. The SMILES string of the molecule is COc1ccc([C@@H]2CC(=O)N(Cc3cc(F)cc(F)c3)C2)cc1OC1CCCC1.COc1ccc([C@@H]2CC(=O)N(Cc3ccc(F)cc3F)C2)cc1OC1CCCC1. The summed E-state index contributed by atoms with van der Waals surface area (Å²) in [5.74, 6) is 0.263. The summed E-state index contributed by atoms with van der Waals surface area (Å²) in [6.07, 6.45) is 10.1. The molecule has 308 valence electrons. The van der Waals surface area contributed by atoms with Gasteiger partial charge in [-0.25, -0.2) is 17.6 Å². The molecule has 2 amide bonds. The van der Waals surface area contributed by atoms with Gasteiger partial charge in [-0.1, -0.05) is 18.2 Å². The Labute approximate surface area is 337 Å². The van der Waals surface area contributed by atoms with Crippen molar-refractivity contribution in [2.45, 2.75) is 101 Å². The molecule has 0 N–H and O–H groups in total. The predicted octanol–water partition coefficient (Wildman–Crippen LogP) is 9.62. The van der Waals surface area contributed by atoms with E-state index in [2.05, 4.69) is 0 Å². The summed E-state index contributed by atoms with van der Waals surface area (Å²) in [6.45, 7) is 1.34. The van der Waals surface area contributed by atoms with E-state index in [9.17, 15) is 27.2 Å². The molecular formula is C46H50F4N2O6. The van der Waals surface area contributed by atoms with Gasteiger partial charge in [0.1, 0.15) is 23.3 Å². The number of rotatable bonds is 12. The summed E-state index contributed by atoms with van der Waals surface area (Å²) < 4.78 is 77.2. The molecule has 12 heteroatoms. The lowest BCUT2D eigenvalue weighted by Gasteiger charge is -2.19. The van der Waals surface area contributed by atoms with Crippen LogP contribution in [0.3, 0.4) is 0 Å². The summed E-state index contributed by atoms with van der Waals surface area (Å²) in [6, 6.07) is 18.5. The monoisotopic (exact) mass is 802 g/mol. The van der Waals surface area contributed by atoms with E-state index in [1.807, 2.05) is 36.4 Å². The molecule has 2 saturated heterocycles. The molecule has 0 unspecified atom stereocenters. The van der Waals surface area contributed by atoms with Crippen molar-refractivity contribution in [3.05, 3.63) is 118 Å². The summed E-state index contributed by atoms with van der Waals surface area (Å²) >= 11 is 0. The number of amides is 2. The van der Waals surface area contributed by atoms with Crippen molar-refractivity contribution >= 4 is 11.8 Å². The molecule has 0 radical (unpaired) electrons. The Morgan fingerprint density at radius 3 is 1.50 bits per heavy atom. The second-order valence-electron chi connectivity index (χ2n) is 15.7. The van der Waals surface area contributed by atoms with Crippen molar-refractivity contribution in [3.63, 3.8) is 0 Å². The minimum atomic E-state index is -0.632. The van der Waals surface area contributed by atoms with E-state index in [1.54, 1.807) is 24.0 Å². The van der Waals surface area contributed by atoms with Crippen LogP contribution in [0, 0.1) is 23.3 Å². The smallest absolute Gasteiger partial charge is 0.223 e. The average molecular weight is 803 g/mol. The van der Waals surface area contributed by atoms with Gasteiger partial charge in [-0.2, -0.15) is 0 Å². The number of methoxy groups -OCH3 is 2. The Morgan fingerprint density at radius 2 is 1.03 bits per heavy atom. The van der Waals surface area contributed by atoms with E-state index < -0.39 is 23.3 Å². The number of benzene rings is 4. The Balaban J connectivity index is 0.000000177. The highest BCUT2D eigenvalue weighted by Gasteiger charge is 2.33. The zero-order chi connectivity index (χ0) is 40.8. The van der Waals surface area contributed by atoms with Gasteiger partial charge in [0.05, 0.1) is 26.4 Å². The van der Waals surface area contributed by atoms with Crippen LogP contribution in [0.5, 0.6) is 23.0 Å². The Kier molecular flexibility index (Phi) is 13.1. The van der Waals surface area contributed by atoms with Crippen molar-refractivity contribution < 1.29 is 46.1 Å².